The lowest BCUT2D eigenvalue weighted by Gasteiger charge is -2.34. The number of nitrogens with two attached hydrogens (primary N) is 1. The third-order valence-electron chi connectivity index (χ3n) is 6.56. The van der Waals surface area contributed by atoms with E-state index in [4.69, 9.17) is 24.7 Å². The van der Waals surface area contributed by atoms with E-state index < -0.39 is 41.7 Å². The number of rotatable bonds is 13. The molecule has 3 rings (SSSR count). The van der Waals surface area contributed by atoms with Crippen molar-refractivity contribution >= 4 is 35.7 Å². The molecule has 0 radical (unpaired) electrons. The summed E-state index contributed by atoms with van der Waals surface area (Å²) in [4.78, 5) is 66.3. The zero-order valence-electron chi connectivity index (χ0n) is 24.5. The van der Waals surface area contributed by atoms with Crippen LogP contribution >= 0.6 is 0 Å². The number of piperidine rings is 1. The van der Waals surface area contributed by atoms with Crippen molar-refractivity contribution in [2.75, 3.05) is 26.3 Å². The largest absolute Gasteiger partial charge is 0.513 e. The molecule has 1 unspecified atom stereocenters. The zero-order valence-corrected chi connectivity index (χ0v) is 24.5. The molecule has 1 aliphatic heterocycles. The van der Waals surface area contributed by atoms with Crippen molar-refractivity contribution in [3.05, 3.63) is 65.2 Å². The highest BCUT2D eigenvalue weighted by Gasteiger charge is 2.50. The van der Waals surface area contributed by atoms with Crippen molar-refractivity contribution in [3.8, 4) is 5.75 Å². The molecule has 0 aliphatic carbocycles. The number of carbonyl (C=O) groups is 5. The second kappa shape index (κ2) is 16.1. The molecule has 0 bridgehead atoms. The van der Waals surface area contributed by atoms with Gasteiger partial charge in [-0.25, -0.2) is 14.4 Å². The molecule has 0 spiro atoms. The van der Waals surface area contributed by atoms with Crippen LogP contribution in [0.4, 0.5) is 9.59 Å². The Bertz CT molecular complexity index is 1350. The van der Waals surface area contributed by atoms with Crippen LogP contribution in [0.15, 0.2) is 53.5 Å². The molecule has 2 amide bonds. The van der Waals surface area contributed by atoms with Crippen molar-refractivity contribution in [3.63, 3.8) is 0 Å². The number of carboxylic acids is 1. The lowest BCUT2D eigenvalue weighted by atomic mass is 9.98. The number of aryl methyl sites for hydroxylation is 1. The predicted octanol–water partition coefficient (Wildman–Crippen LogP) is 2.56. The number of ketones is 1. The van der Waals surface area contributed by atoms with Gasteiger partial charge in [0.05, 0.1) is 19.3 Å². The number of amidine groups is 1. The van der Waals surface area contributed by atoms with Crippen LogP contribution in [0.2, 0.25) is 0 Å². The van der Waals surface area contributed by atoms with Gasteiger partial charge >= 0.3 is 23.9 Å². The van der Waals surface area contributed by atoms with Crippen LogP contribution in [0.1, 0.15) is 54.6 Å². The molecule has 236 valence electrons. The van der Waals surface area contributed by atoms with Crippen molar-refractivity contribution in [2.24, 2.45) is 10.7 Å². The molecule has 1 heterocycles. The first kappa shape index (κ1) is 33.7. The second-order valence-electron chi connectivity index (χ2n) is 9.63. The molecule has 5 N–H and O–H groups in total. The van der Waals surface area contributed by atoms with Gasteiger partial charge in [0.2, 0.25) is 0 Å². The van der Waals surface area contributed by atoms with Crippen LogP contribution in [0.25, 0.3) is 0 Å². The maximum Gasteiger partial charge on any atom is 0.513 e. The fraction of sp³-hybridized carbons (Fsp3) is 0.400. The summed E-state index contributed by atoms with van der Waals surface area (Å²) in [6.45, 7) is 4.66. The van der Waals surface area contributed by atoms with E-state index in [0.29, 0.717) is 37.1 Å². The van der Waals surface area contributed by atoms with Crippen LogP contribution in [0.5, 0.6) is 5.75 Å². The van der Waals surface area contributed by atoms with Crippen molar-refractivity contribution < 1.29 is 48.0 Å². The molecular weight excluding hydrogens is 576 g/mol. The number of carboxylic acid groups (broad SMARTS) is 1. The number of aliphatic imine (C=N–C) groups is 1. The van der Waals surface area contributed by atoms with Gasteiger partial charge in [-0.3, -0.25) is 9.59 Å². The van der Waals surface area contributed by atoms with Crippen molar-refractivity contribution in [1.82, 2.24) is 10.6 Å². The molecule has 14 nitrogen and oxygen atoms in total. The summed E-state index contributed by atoms with van der Waals surface area (Å²) in [6.07, 6.45) is -1.61. The topological polar surface area (TPSA) is 205 Å². The van der Waals surface area contributed by atoms with E-state index in [1.165, 1.54) is 36.4 Å². The van der Waals surface area contributed by atoms with Crippen LogP contribution in [0, 0.1) is 0 Å². The lowest BCUT2D eigenvalue weighted by molar-refractivity contribution is -0.185. The maximum atomic E-state index is 13.6. The van der Waals surface area contributed by atoms with E-state index in [-0.39, 0.29) is 43.2 Å². The molecule has 1 saturated heterocycles. The molecule has 14 heteroatoms. The highest BCUT2D eigenvalue weighted by atomic mass is 16.7. The summed E-state index contributed by atoms with van der Waals surface area (Å²) in [5.41, 5.74) is 4.16. The first-order chi connectivity index (χ1) is 21.1. The maximum absolute atomic E-state index is 13.6. The highest BCUT2D eigenvalue weighted by Crippen LogP contribution is 2.23. The summed E-state index contributed by atoms with van der Waals surface area (Å²) in [5, 5.41) is 15.8. The number of hydrogen-bond acceptors (Lipinski definition) is 10. The SMILES string of the molecule is CCOC(=O)/N=C(\N)c1ccc(C(=O)NC(OC2CCNCC2)(C(=O)O)C(=O)CCc2ccc(OC(=O)OCC)cc2)cc1. The number of nitrogens with one attached hydrogen (secondary N) is 2. The Morgan fingerprint density at radius 3 is 2.16 bits per heavy atom. The monoisotopic (exact) mass is 612 g/mol. The lowest BCUT2D eigenvalue weighted by Crippen LogP contribution is -2.63. The second-order valence-corrected chi connectivity index (χ2v) is 9.63. The number of benzene rings is 2. The van der Waals surface area contributed by atoms with Gasteiger partial charge in [0.15, 0.2) is 5.78 Å². The van der Waals surface area contributed by atoms with Gasteiger partial charge in [-0.2, -0.15) is 4.99 Å². The minimum atomic E-state index is -2.66. The Morgan fingerprint density at radius 1 is 0.955 bits per heavy atom. The summed E-state index contributed by atoms with van der Waals surface area (Å²) >= 11 is 0. The average molecular weight is 613 g/mol. The standard InChI is InChI=1S/C30H36N4O10/c1-3-41-28(39)33-25(31)20-8-10-21(11-9-20)26(36)34-30(27(37)38,44-23-15-17-32-18-16-23)24(35)14-7-19-5-12-22(13-6-19)43-29(40)42-4-2/h5-6,8-13,23,32H,3-4,7,14-18H2,1-2H3,(H,34,36)(H,37,38)(H2,31,33,39). The molecular formula is C30H36N4O10. The number of aliphatic carboxylic acids is 1. The minimum Gasteiger partial charge on any atom is -0.477 e. The highest BCUT2D eigenvalue weighted by molar-refractivity contribution is 6.11. The number of nitrogens with zero attached hydrogens (tertiary/aromatic N) is 1. The van der Waals surface area contributed by atoms with Gasteiger partial charge in [-0.1, -0.05) is 24.3 Å². The number of Topliss-reactive ketones (excluding diaryl/α,β-unsaturated/α-hetero) is 1. The van der Waals surface area contributed by atoms with E-state index >= 15 is 0 Å². The Hall–Kier alpha value is -4.82. The van der Waals surface area contributed by atoms with Crippen molar-refractivity contribution in [2.45, 2.75) is 51.4 Å². The van der Waals surface area contributed by atoms with Gasteiger partial charge in [0.25, 0.3) is 5.91 Å². The Labute approximate surface area is 253 Å². The molecule has 0 aromatic heterocycles. The number of amides is 2. The quantitative estimate of drug-likeness (QED) is 0.0643. The number of ether oxygens (including phenoxy) is 4. The summed E-state index contributed by atoms with van der Waals surface area (Å²) in [7, 11) is 0. The third kappa shape index (κ3) is 9.34. The molecule has 2 aromatic rings. The van der Waals surface area contributed by atoms with E-state index in [0.717, 1.165) is 0 Å². The van der Waals surface area contributed by atoms with E-state index in [2.05, 4.69) is 15.6 Å². The molecule has 1 aliphatic rings. The molecule has 2 aromatic carbocycles. The fourth-order valence-corrected chi connectivity index (χ4v) is 4.30. The predicted molar refractivity (Wildman–Crippen MR) is 156 cm³/mol. The molecule has 0 saturated carbocycles. The number of hydrogen-bond donors (Lipinski definition) is 4. The third-order valence-corrected chi connectivity index (χ3v) is 6.56. The Balaban J connectivity index is 1.79. The smallest absolute Gasteiger partial charge is 0.477 e. The summed E-state index contributed by atoms with van der Waals surface area (Å²) in [5.74, 6) is -3.29. The molecule has 1 atom stereocenters. The van der Waals surface area contributed by atoms with E-state index in [1.807, 2.05) is 0 Å². The van der Waals surface area contributed by atoms with Gasteiger partial charge in [0.1, 0.15) is 11.6 Å². The van der Waals surface area contributed by atoms with E-state index in [1.54, 1.807) is 26.0 Å². The summed E-state index contributed by atoms with van der Waals surface area (Å²) < 4.78 is 20.4. The Kier molecular flexibility index (Phi) is 12.4. The van der Waals surface area contributed by atoms with Gasteiger partial charge in [-0.15, -0.1) is 0 Å². The van der Waals surface area contributed by atoms with Crippen LogP contribution in [-0.2, 0) is 30.2 Å². The molecule has 1 fully saturated rings. The normalized spacial score (nSPS) is 15.0. The van der Waals surface area contributed by atoms with Crippen LogP contribution in [-0.4, -0.2) is 79.0 Å². The average Bonchev–Trinajstić information content (AvgIpc) is 3.00. The van der Waals surface area contributed by atoms with Gasteiger partial charge in [-0.05, 0) is 76.0 Å². The fourth-order valence-electron chi connectivity index (χ4n) is 4.30. The van der Waals surface area contributed by atoms with Crippen molar-refractivity contribution in [1.29, 1.82) is 0 Å². The minimum absolute atomic E-state index is 0.0159. The van der Waals surface area contributed by atoms with Gasteiger partial charge < -0.3 is 40.4 Å². The number of carbonyl (C=O) groups excluding carboxylic acids is 4. The first-order valence-electron chi connectivity index (χ1n) is 14.1. The van der Waals surface area contributed by atoms with Crippen LogP contribution < -0.4 is 21.1 Å². The Morgan fingerprint density at radius 2 is 1.57 bits per heavy atom. The van der Waals surface area contributed by atoms with Gasteiger partial charge in [0, 0.05) is 17.5 Å². The summed E-state index contributed by atoms with van der Waals surface area (Å²) in [6, 6.07) is 11.8. The van der Waals surface area contributed by atoms with E-state index in [9.17, 15) is 29.1 Å². The first-order valence-corrected chi connectivity index (χ1v) is 14.1. The van der Waals surface area contributed by atoms with Crippen LogP contribution in [0.3, 0.4) is 0 Å². The zero-order chi connectivity index (χ0) is 32.1. The molecule has 44 heavy (non-hydrogen) atoms.